The highest BCUT2D eigenvalue weighted by Crippen LogP contribution is 2.40. The van der Waals surface area contributed by atoms with Crippen molar-refractivity contribution in [1.82, 2.24) is 4.31 Å². The van der Waals surface area contributed by atoms with Crippen LogP contribution in [-0.4, -0.2) is 25.8 Å². The molecule has 0 bridgehead atoms. The molecule has 4 nitrogen and oxygen atoms in total. The fraction of sp³-hybridized carbons (Fsp3) is 0.571. The van der Waals surface area contributed by atoms with Gasteiger partial charge in [-0.2, -0.15) is 4.31 Å². The molecule has 2 fully saturated rings. The molecular weight excluding hydrogens is 279 g/mol. The number of rotatable bonds is 3. The summed E-state index contributed by atoms with van der Waals surface area (Å²) < 4.78 is 40.5. The second-order valence-electron chi connectivity index (χ2n) is 5.74. The van der Waals surface area contributed by atoms with Crippen molar-refractivity contribution in [2.75, 3.05) is 13.1 Å². The third-order valence-corrected chi connectivity index (χ3v) is 6.41. The zero-order valence-corrected chi connectivity index (χ0v) is 12.1. The Kier molecular flexibility index (Phi) is 3.56. The highest BCUT2D eigenvalue weighted by molar-refractivity contribution is 7.89. The van der Waals surface area contributed by atoms with Crippen molar-refractivity contribution in [3.05, 3.63) is 29.6 Å². The molecule has 2 aliphatic rings. The molecule has 110 valence electrons. The smallest absolute Gasteiger partial charge is 0.246 e. The first-order valence-corrected chi connectivity index (χ1v) is 8.45. The van der Waals surface area contributed by atoms with Gasteiger partial charge in [-0.1, -0.05) is 12.5 Å². The van der Waals surface area contributed by atoms with Gasteiger partial charge in [0, 0.05) is 19.6 Å². The first kappa shape index (κ1) is 14.0. The molecule has 2 atom stereocenters. The van der Waals surface area contributed by atoms with Crippen molar-refractivity contribution in [2.24, 2.45) is 17.6 Å². The number of nitrogens with zero attached hydrogens (tertiary/aromatic N) is 1. The van der Waals surface area contributed by atoms with Gasteiger partial charge in [0.1, 0.15) is 10.7 Å². The molecule has 1 saturated carbocycles. The van der Waals surface area contributed by atoms with Gasteiger partial charge >= 0.3 is 0 Å². The number of halogens is 1. The Morgan fingerprint density at radius 1 is 1.25 bits per heavy atom. The number of sulfonamides is 1. The van der Waals surface area contributed by atoms with Gasteiger partial charge in [0.2, 0.25) is 10.0 Å². The topological polar surface area (TPSA) is 63.4 Å². The molecule has 0 spiro atoms. The summed E-state index contributed by atoms with van der Waals surface area (Å²) >= 11 is 0. The van der Waals surface area contributed by atoms with Gasteiger partial charge in [0.25, 0.3) is 0 Å². The van der Waals surface area contributed by atoms with E-state index in [0.717, 1.165) is 12.8 Å². The molecule has 1 heterocycles. The first-order valence-electron chi connectivity index (χ1n) is 7.01. The molecule has 1 aromatic rings. The lowest BCUT2D eigenvalue weighted by Gasteiger charge is -2.18. The van der Waals surface area contributed by atoms with Crippen molar-refractivity contribution in [3.63, 3.8) is 0 Å². The standard InChI is InChI=1S/C14H19FN2O2S/c15-13-6-10(7-16)4-5-14(13)20(18,19)17-8-11-2-1-3-12(11)9-17/h4-6,11-12H,1-3,7-9,16H2. The Labute approximate surface area is 118 Å². The third kappa shape index (κ3) is 2.25. The zero-order chi connectivity index (χ0) is 14.3. The normalized spacial score (nSPS) is 26.9. The van der Waals surface area contributed by atoms with Crippen LogP contribution >= 0.6 is 0 Å². The lowest BCUT2D eigenvalue weighted by Crippen LogP contribution is -2.30. The van der Waals surface area contributed by atoms with Crippen LogP contribution in [0.5, 0.6) is 0 Å². The minimum atomic E-state index is -3.72. The summed E-state index contributed by atoms with van der Waals surface area (Å²) in [6.45, 7) is 1.27. The van der Waals surface area contributed by atoms with E-state index in [1.54, 1.807) is 6.07 Å². The Bertz CT molecular complexity index is 606. The van der Waals surface area contributed by atoms with Crippen molar-refractivity contribution < 1.29 is 12.8 Å². The van der Waals surface area contributed by atoms with Gasteiger partial charge in [-0.05, 0) is 42.4 Å². The van der Waals surface area contributed by atoms with E-state index in [9.17, 15) is 12.8 Å². The lowest BCUT2D eigenvalue weighted by atomic mass is 10.0. The minimum Gasteiger partial charge on any atom is -0.326 e. The average Bonchev–Trinajstić information content (AvgIpc) is 2.99. The van der Waals surface area contributed by atoms with E-state index in [-0.39, 0.29) is 11.4 Å². The SMILES string of the molecule is NCc1ccc(S(=O)(=O)N2CC3CCCC3C2)c(F)c1. The molecule has 3 rings (SSSR count). The molecule has 1 saturated heterocycles. The molecule has 2 N–H and O–H groups in total. The summed E-state index contributed by atoms with van der Waals surface area (Å²) in [5.74, 6) is 0.206. The second kappa shape index (κ2) is 5.09. The Morgan fingerprint density at radius 3 is 2.45 bits per heavy atom. The van der Waals surface area contributed by atoms with E-state index in [1.807, 2.05) is 0 Å². The molecule has 0 amide bonds. The molecule has 6 heteroatoms. The quantitative estimate of drug-likeness (QED) is 0.924. The third-order valence-electron chi connectivity index (χ3n) is 4.54. The van der Waals surface area contributed by atoms with Crippen LogP contribution in [0.4, 0.5) is 4.39 Å². The highest BCUT2D eigenvalue weighted by atomic mass is 32.2. The van der Waals surface area contributed by atoms with Crippen LogP contribution in [0.1, 0.15) is 24.8 Å². The average molecular weight is 298 g/mol. The molecule has 0 radical (unpaired) electrons. The van der Waals surface area contributed by atoms with Crippen LogP contribution in [-0.2, 0) is 16.6 Å². The molecule has 1 aliphatic heterocycles. The van der Waals surface area contributed by atoms with E-state index in [2.05, 4.69) is 0 Å². The van der Waals surface area contributed by atoms with E-state index in [0.29, 0.717) is 30.5 Å². The summed E-state index contributed by atoms with van der Waals surface area (Å²) in [5.41, 5.74) is 6.03. The van der Waals surface area contributed by atoms with Gasteiger partial charge in [-0.25, -0.2) is 12.8 Å². The summed E-state index contributed by atoms with van der Waals surface area (Å²) in [6.07, 6.45) is 3.36. The number of nitrogens with two attached hydrogens (primary N) is 1. The zero-order valence-electron chi connectivity index (χ0n) is 11.3. The Balaban J connectivity index is 1.89. The van der Waals surface area contributed by atoms with Gasteiger partial charge in [0.15, 0.2) is 0 Å². The predicted octanol–water partition coefficient (Wildman–Crippen LogP) is 1.70. The van der Waals surface area contributed by atoms with Gasteiger partial charge in [-0.3, -0.25) is 0 Å². The molecule has 0 aromatic heterocycles. The molecule has 1 aromatic carbocycles. The maximum absolute atomic E-state index is 14.0. The fourth-order valence-corrected chi connectivity index (χ4v) is 5.01. The predicted molar refractivity (Wildman–Crippen MR) is 73.9 cm³/mol. The molecule has 20 heavy (non-hydrogen) atoms. The number of fused-ring (bicyclic) bond motifs is 1. The molecule has 1 aliphatic carbocycles. The van der Waals surface area contributed by atoms with Gasteiger partial charge in [0.05, 0.1) is 0 Å². The van der Waals surface area contributed by atoms with Crippen molar-refractivity contribution in [3.8, 4) is 0 Å². The highest BCUT2D eigenvalue weighted by Gasteiger charge is 2.42. The summed E-state index contributed by atoms with van der Waals surface area (Å²) in [7, 11) is -3.72. The van der Waals surface area contributed by atoms with Crippen molar-refractivity contribution in [1.29, 1.82) is 0 Å². The largest absolute Gasteiger partial charge is 0.326 e. The lowest BCUT2D eigenvalue weighted by molar-refractivity contribution is 0.440. The van der Waals surface area contributed by atoms with E-state index in [4.69, 9.17) is 5.73 Å². The van der Waals surface area contributed by atoms with E-state index < -0.39 is 15.8 Å². The first-order chi connectivity index (χ1) is 9.52. The molecule has 2 unspecified atom stereocenters. The van der Waals surface area contributed by atoms with E-state index in [1.165, 1.54) is 22.9 Å². The van der Waals surface area contributed by atoms with Crippen molar-refractivity contribution in [2.45, 2.75) is 30.7 Å². The van der Waals surface area contributed by atoms with Crippen LogP contribution < -0.4 is 5.73 Å². The number of hydrogen-bond donors (Lipinski definition) is 1. The van der Waals surface area contributed by atoms with Gasteiger partial charge in [-0.15, -0.1) is 0 Å². The Morgan fingerprint density at radius 2 is 1.90 bits per heavy atom. The van der Waals surface area contributed by atoms with Crippen molar-refractivity contribution >= 4 is 10.0 Å². The number of hydrogen-bond acceptors (Lipinski definition) is 3. The summed E-state index contributed by atoms with van der Waals surface area (Å²) in [4.78, 5) is -0.227. The van der Waals surface area contributed by atoms with Crippen LogP contribution in [0.25, 0.3) is 0 Å². The van der Waals surface area contributed by atoms with E-state index >= 15 is 0 Å². The number of benzene rings is 1. The maximum atomic E-state index is 14.0. The van der Waals surface area contributed by atoms with Crippen LogP contribution in [0.3, 0.4) is 0 Å². The van der Waals surface area contributed by atoms with Crippen LogP contribution in [0, 0.1) is 17.7 Å². The molecular formula is C14H19FN2O2S. The summed E-state index contributed by atoms with van der Waals surface area (Å²) in [5, 5.41) is 0. The Hall–Kier alpha value is -0.980. The second-order valence-corrected chi connectivity index (χ2v) is 7.65. The maximum Gasteiger partial charge on any atom is 0.246 e. The fourth-order valence-electron chi connectivity index (χ4n) is 3.41. The minimum absolute atomic E-state index is 0.200. The summed E-state index contributed by atoms with van der Waals surface area (Å²) in [6, 6.07) is 4.12. The van der Waals surface area contributed by atoms with Gasteiger partial charge < -0.3 is 5.73 Å². The monoisotopic (exact) mass is 298 g/mol. The van der Waals surface area contributed by atoms with Crippen LogP contribution in [0.2, 0.25) is 0 Å². The van der Waals surface area contributed by atoms with Crippen LogP contribution in [0.15, 0.2) is 23.1 Å².